The van der Waals surface area contributed by atoms with Crippen LogP contribution in [0.4, 0.5) is 0 Å². The van der Waals surface area contributed by atoms with Gasteiger partial charge in [-0.2, -0.15) is 0 Å². The molecule has 1 aliphatic heterocycles. The first-order valence-corrected chi connectivity index (χ1v) is 5.64. The van der Waals surface area contributed by atoms with E-state index >= 15 is 0 Å². The standard InChI is InChI=1S/C12H18N2O2/c1-8(2)11-3-9(5-13)4-12(14-11)16-10-6-15-7-10/h3-4,8,10H,5-7,13H2,1-2H3. The van der Waals surface area contributed by atoms with Crippen molar-refractivity contribution in [2.24, 2.45) is 5.73 Å². The molecule has 0 aromatic carbocycles. The summed E-state index contributed by atoms with van der Waals surface area (Å²) in [5.74, 6) is 1.05. The van der Waals surface area contributed by atoms with Crippen LogP contribution in [-0.2, 0) is 11.3 Å². The molecule has 2 N–H and O–H groups in total. The van der Waals surface area contributed by atoms with E-state index in [0.717, 1.165) is 11.3 Å². The highest BCUT2D eigenvalue weighted by atomic mass is 16.6. The predicted octanol–water partition coefficient (Wildman–Crippen LogP) is 1.44. The third-order valence-electron chi connectivity index (χ3n) is 2.60. The first-order chi connectivity index (χ1) is 7.69. The summed E-state index contributed by atoms with van der Waals surface area (Å²) in [6.45, 7) is 6.05. The summed E-state index contributed by atoms with van der Waals surface area (Å²) in [6.07, 6.45) is 0.153. The van der Waals surface area contributed by atoms with E-state index in [1.807, 2.05) is 12.1 Å². The van der Waals surface area contributed by atoms with Crippen molar-refractivity contribution in [2.45, 2.75) is 32.4 Å². The first-order valence-electron chi connectivity index (χ1n) is 5.64. The number of ether oxygens (including phenoxy) is 2. The summed E-state index contributed by atoms with van der Waals surface area (Å²) in [7, 11) is 0. The highest BCUT2D eigenvalue weighted by Gasteiger charge is 2.21. The smallest absolute Gasteiger partial charge is 0.214 e. The van der Waals surface area contributed by atoms with Crippen LogP contribution in [0.25, 0.3) is 0 Å². The average molecular weight is 222 g/mol. The molecule has 0 radical (unpaired) electrons. The number of rotatable bonds is 4. The van der Waals surface area contributed by atoms with Gasteiger partial charge < -0.3 is 15.2 Å². The Labute approximate surface area is 95.8 Å². The quantitative estimate of drug-likeness (QED) is 0.837. The fraction of sp³-hybridized carbons (Fsp3) is 0.583. The minimum Gasteiger partial charge on any atom is -0.469 e. The number of hydrogen-bond donors (Lipinski definition) is 1. The van der Waals surface area contributed by atoms with Gasteiger partial charge in [0, 0.05) is 18.3 Å². The summed E-state index contributed by atoms with van der Waals surface area (Å²) in [5, 5.41) is 0. The molecule has 1 aromatic rings. The van der Waals surface area contributed by atoms with Crippen LogP contribution >= 0.6 is 0 Å². The molecule has 0 amide bonds. The van der Waals surface area contributed by atoms with Crippen molar-refractivity contribution in [1.82, 2.24) is 4.98 Å². The van der Waals surface area contributed by atoms with Gasteiger partial charge in [-0.25, -0.2) is 4.98 Å². The number of hydrogen-bond acceptors (Lipinski definition) is 4. The molecule has 0 bridgehead atoms. The summed E-state index contributed by atoms with van der Waals surface area (Å²) in [5.41, 5.74) is 7.75. The molecule has 0 spiro atoms. The van der Waals surface area contributed by atoms with Crippen LogP contribution in [0.3, 0.4) is 0 Å². The number of pyridine rings is 1. The third kappa shape index (κ3) is 2.51. The van der Waals surface area contributed by atoms with Crippen LogP contribution in [0.5, 0.6) is 5.88 Å². The van der Waals surface area contributed by atoms with Gasteiger partial charge in [0.15, 0.2) is 0 Å². The molecule has 0 aliphatic carbocycles. The topological polar surface area (TPSA) is 57.4 Å². The van der Waals surface area contributed by atoms with Crippen LogP contribution in [0, 0.1) is 0 Å². The van der Waals surface area contributed by atoms with Crippen molar-refractivity contribution in [3.63, 3.8) is 0 Å². The van der Waals surface area contributed by atoms with E-state index in [0.29, 0.717) is 31.6 Å². The molecular formula is C12H18N2O2. The van der Waals surface area contributed by atoms with Crippen LogP contribution in [-0.4, -0.2) is 24.3 Å². The van der Waals surface area contributed by atoms with Gasteiger partial charge in [0.1, 0.15) is 6.10 Å². The second kappa shape index (κ2) is 4.80. The highest BCUT2D eigenvalue weighted by Crippen LogP contribution is 2.20. The van der Waals surface area contributed by atoms with Crippen molar-refractivity contribution < 1.29 is 9.47 Å². The molecule has 1 aromatic heterocycles. The van der Waals surface area contributed by atoms with Gasteiger partial charge in [0.2, 0.25) is 5.88 Å². The largest absolute Gasteiger partial charge is 0.469 e. The second-order valence-corrected chi connectivity index (χ2v) is 4.37. The van der Waals surface area contributed by atoms with Crippen molar-refractivity contribution in [1.29, 1.82) is 0 Å². The molecule has 1 saturated heterocycles. The van der Waals surface area contributed by atoms with Gasteiger partial charge in [-0.05, 0) is 17.5 Å². The van der Waals surface area contributed by atoms with Crippen molar-refractivity contribution in [2.75, 3.05) is 13.2 Å². The summed E-state index contributed by atoms with van der Waals surface area (Å²) < 4.78 is 10.8. The zero-order valence-electron chi connectivity index (χ0n) is 9.77. The Hall–Kier alpha value is -1.13. The third-order valence-corrected chi connectivity index (χ3v) is 2.60. The summed E-state index contributed by atoms with van der Waals surface area (Å²) >= 11 is 0. The number of aromatic nitrogens is 1. The van der Waals surface area contributed by atoms with E-state index in [4.69, 9.17) is 15.2 Å². The molecule has 16 heavy (non-hydrogen) atoms. The molecule has 1 aliphatic rings. The van der Waals surface area contributed by atoms with Crippen LogP contribution in [0.2, 0.25) is 0 Å². The molecule has 0 unspecified atom stereocenters. The van der Waals surface area contributed by atoms with Gasteiger partial charge >= 0.3 is 0 Å². The number of nitrogens with two attached hydrogens (primary N) is 1. The lowest BCUT2D eigenvalue weighted by molar-refractivity contribution is -0.0814. The Kier molecular flexibility index (Phi) is 3.41. The van der Waals surface area contributed by atoms with Crippen LogP contribution in [0.1, 0.15) is 31.0 Å². The fourth-order valence-electron chi connectivity index (χ4n) is 1.51. The van der Waals surface area contributed by atoms with Gasteiger partial charge in [-0.3, -0.25) is 0 Å². The highest BCUT2D eigenvalue weighted by molar-refractivity contribution is 5.26. The normalized spacial score (nSPS) is 16.2. The van der Waals surface area contributed by atoms with E-state index < -0.39 is 0 Å². The maximum atomic E-state index is 5.69. The SMILES string of the molecule is CC(C)c1cc(CN)cc(OC2COC2)n1. The monoisotopic (exact) mass is 222 g/mol. The Bertz CT molecular complexity index is 362. The van der Waals surface area contributed by atoms with Crippen LogP contribution < -0.4 is 10.5 Å². The van der Waals surface area contributed by atoms with Gasteiger partial charge in [-0.15, -0.1) is 0 Å². The van der Waals surface area contributed by atoms with E-state index in [1.165, 1.54) is 0 Å². The lowest BCUT2D eigenvalue weighted by Crippen LogP contribution is -2.38. The summed E-state index contributed by atoms with van der Waals surface area (Å²) in [4.78, 5) is 4.47. The molecule has 0 saturated carbocycles. The van der Waals surface area contributed by atoms with Crippen molar-refractivity contribution in [3.05, 3.63) is 23.4 Å². The Balaban J connectivity index is 2.18. The zero-order chi connectivity index (χ0) is 11.5. The number of nitrogens with zero attached hydrogens (tertiary/aromatic N) is 1. The molecule has 2 heterocycles. The Morgan fingerprint density at radius 1 is 1.50 bits per heavy atom. The molecule has 0 atom stereocenters. The molecule has 4 heteroatoms. The molecule has 2 rings (SSSR count). The molecule has 4 nitrogen and oxygen atoms in total. The van der Waals surface area contributed by atoms with Crippen molar-refractivity contribution in [3.8, 4) is 5.88 Å². The van der Waals surface area contributed by atoms with Gasteiger partial charge in [0.05, 0.1) is 13.2 Å². The molecule has 1 fully saturated rings. The van der Waals surface area contributed by atoms with E-state index in [1.54, 1.807) is 0 Å². The minimum absolute atomic E-state index is 0.153. The lowest BCUT2D eigenvalue weighted by Gasteiger charge is -2.26. The maximum absolute atomic E-state index is 5.69. The maximum Gasteiger partial charge on any atom is 0.214 e. The van der Waals surface area contributed by atoms with Gasteiger partial charge in [0.25, 0.3) is 0 Å². The van der Waals surface area contributed by atoms with Crippen molar-refractivity contribution >= 4 is 0 Å². The van der Waals surface area contributed by atoms with Crippen LogP contribution in [0.15, 0.2) is 12.1 Å². The molecular weight excluding hydrogens is 204 g/mol. The minimum atomic E-state index is 0.153. The first kappa shape index (κ1) is 11.4. The average Bonchev–Trinajstić information content (AvgIpc) is 2.23. The predicted molar refractivity (Wildman–Crippen MR) is 61.5 cm³/mol. The summed E-state index contributed by atoms with van der Waals surface area (Å²) in [6, 6.07) is 3.94. The van der Waals surface area contributed by atoms with E-state index in [2.05, 4.69) is 18.8 Å². The second-order valence-electron chi connectivity index (χ2n) is 4.37. The van der Waals surface area contributed by atoms with E-state index in [-0.39, 0.29) is 6.10 Å². The zero-order valence-corrected chi connectivity index (χ0v) is 9.77. The van der Waals surface area contributed by atoms with E-state index in [9.17, 15) is 0 Å². The Morgan fingerprint density at radius 3 is 2.75 bits per heavy atom. The Morgan fingerprint density at radius 2 is 2.25 bits per heavy atom. The van der Waals surface area contributed by atoms with Gasteiger partial charge in [-0.1, -0.05) is 13.8 Å². The fourth-order valence-corrected chi connectivity index (χ4v) is 1.51. The lowest BCUT2D eigenvalue weighted by atomic mass is 10.1. The molecule has 88 valence electrons.